The van der Waals surface area contributed by atoms with Gasteiger partial charge in [-0.3, -0.25) is 4.57 Å². The predicted molar refractivity (Wildman–Crippen MR) is 87.1 cm³/mol. The van der Waals surface area contributed by atoms with Crippen LogP contribution in [0, 0.1) is 0 Å². The third-order valence-corrected chi connectivity index (χ3v) is 3.54. The molecule has 2 unspecified atom stereocenters. The quantitative estimate of drug-likeness (QED) is 0.167. The van der Waals surface area contributed by atoms with Gasteiger partial charge in [0.05, 0.1) is 34.4 Å². The Kier molecular flexibility index (Phi) is 11.2. The number of alkyl carbamates (subject to hydrolysis) is 1. The maximum Gasteiger partial charge on any atom is 0.480 e. The number of aliphatic hydroxyl groups excluding tert-OH is 1. The monoisotopic (exact) mass is 384 g/mol. The van der Waals surface area contributed by atoms with Crippen LogP contribution < -0.4 is 10.2 Å². The lowest BCUT2D eigenvalue weighted by atomic mass is 9.92. The van der Waals surface area contributed by atoms with Crippen molar-refractivity contribution in [3.8, 4) is 0 Å². The van der Waals surface area contributed by atoms with Gasteiger partial charge in [0.15, 0.2) is 6.10 Å². The van der Waals surface area contributed by atoms with Gasteiger partial charge in [0.2, 0.25) is 0 Å². The van der Waals surface area contributed by atoms with E-state index in [0.29, 0.717) is 11.0 Å². The number of nitrogens with zero attached hydrogens (tertiary/aromatic N) is 1. The number of phosphoric ester groups is 1. The molecule has 4 N–H and O–H groups in total. The third-order valence-electron chi connectivity index (χ3n) is 2.58. The molecule has 0 aliphatic carbocycles. The van der Waals surface area contributed by atoms with E-state index in [0.717, 1.165) is 5.98 Å². The van der Waals surface area contributed by atoms with Crippen LogP contribution in [0.1, 0.15) is 0 Å². The van der Waals surface area contributed by atoms with Crippen molar-refractivity contribution in [2.45, 2.75) is 6.10 Å². The Morgan fingerprint density at radius 1 is 1.36 bits per heavy atom. The van der Waals surface area contributed by atoms with E-state index in [-0.39, 0.29) is 13.2 Å². The molecule has 0 aliphatic heterocycles. The van der Waals surface area contributed by atoms with Gasteiger partial charge < -0.3 is 43.6 Å². The van der Waals surface area contributed by atoms with Crippen molar-refractivity contribution in [2.24, 2.45) is 0 Å². The molecule has 0 aromatic rings. The van der Waals surface area contributed by atoms with Crippen molar-refractivity contribution >= 4 is 21.0 Å². The van der Waals surface area contributed by atoms with Crippen molar-refractivity contribution in [1.29, 1.82) is 0 Å². The van der Waals surface area contributed by atoms with Crippen LogP contribution in [0.2, 0.25) is 0 Å². The van der Waals surface area contributed by atoms with Crippen LogP contribution in [0.5, 0.6) is 0 Å². The average molecular weight is 384 g/mol. The molecule has 146 valence electrons. The molecular formula is C12H26BN2O9P. The number of quaternary nitrogens is 1. The lowest BCUT2D eigenvalue weighted by molar-refractivity contribution is -0.870. The summed E-state index contributed by atoms with van der Waals surface area (Å²) in [6.45, 7) is -0.937. The second-order valence-electron chi connectivity index (χ2n) is 6.02. The molecule has 13 heteroatoms. The van der Waals surface area contributed by atoms with Gasteiger partial charge in [0.1, 0.15) is 13.2 Å². The summed E-state index contributed by atoms with van der Waals surface area (Å²) in [5, 5.41) is 28.5. The lowest BCUT2D eigenvalue weighted by Crippen LogP contribution is -2.37. The molecule has 0 aromatic heterocycles. The Bertz CT molecular complexity index is 470. The van der Waals surface area contributed by atoms with E-state index in [1.165, 1.54) is 6.08 Å². The van der Waals surface area contributed by atoms with E-state index in [4.69, 9.17) is 19.9 Å². The normalized spacial score (nSPS) is 15.6. The van der Waals surface area contributed by atoms with Gasteiger partial charge >= 0.3 is 13.2 Å². The molecule has 0 heterocycles. The first-order valence-electron chi connectivity index (χ1n) is 7.44. The molecule has 0 fully saturated rings. The minimum atomic E-state index is -4.58. The summed E-state index contributed by atoms with van der Waals surface area (Å²) in [7, 11) is -0.618. The number of carbonyl (C=O) groups is 1. The zero-order valence-corrected chi connectivity index (χ0v) is 15.4. The van der Waals surface area contributed by atoms with Crippen molar-refractivity contribution in [3.63, 3.8) is 0 Å². The van der Waals surface area contributed by atoms with Gasteiger partial charge in [-0.2, -0.15) is 0 Å². The van der Waals surface area contributed by atoms with Crippen LogP contribution in [0.4, 0.5) is 4.79 Å². The van der Waals surface area contributed by atoms with Gasteiger partial charge in [-0.1, -0.05) is 12.1 Å². The number of carbonyl (C=O) groups excluding carboxylic acids is 1. The minimum absolute atomic E-state index is 0.0519. The van der Waals surface area contributed by atoms with Gasteiger partial charge in [-0.05, 0) is 0 Å². The highest BCUT2D eigenvalue weighted by atomic mass is 31.2. The predicted octanol–water partition coefficient (Wildman–Crippen LogP) is -2.15. The number of hydrogen-bond donors (Lipinski definition) is 4. The zero-order valence-electron chi connectivity index (χ0n) is 14.5. The number of aliphatic hydroxyl groups is 1. The topological polar surface area (TPSA) is 158 Å². The molecular weight excluding hydrogens is 358 g/mol. The summed E-state index contributed by atoms with van der Waals surface area (Å²) in [6, 6.07) is 0. The van der Waals surface area contributed by atoms with Crippen molar-refractivity contribution in [1.82, 2.24) is 5.32 Å². The van der Waals surface area contributed by atoms with E-state index in [2.05, 4.69) is 14.4 Å². The van der Waals surface area contributed by atoms with Crippen molar-refractivity contribution in [2.75, 3.05) is 54.1 Å². The zero-order chi connectivity index (χ0) is 19.5. The summed E-state index contributed by atoms with van der Waals surface area (Å²) in [6.07, 6.45) is -0.882. The smallest absolute Gasteiger partial charge is 0.480 e. The number of hydrogen-bond acceptors (Lipinski definition) is 9. The van der Waals surface area contributed by atoms with Crippen LogP contribution in [0.15, 0.2) is 12.1 Å². The SMILES string of the molecule is C[N+](C)(C)CCOP(=O)([O-])OCC(CO)OC(=O)NC/C=C/B(O)O. The number of amides is 1. The van der Waals surface area contributed by atoms with Gasteiger partial charge in [-0.25, -0.2) is 4.79 Å². The number of rotatable bonds is 12. The molecule has 0 rings (SSSR count). The highest BCUT2D eigenvalue weighted by Gasteiger charge is 2.19. The summed E-state index contributed by atoms with van der Waals surface area (Å²) in [4.78, 5) is 23.0. The van der Waals surface area contributed by atoms with Crippen LogP contribution in [0.25, 0.3) is 0 Å². The van der Waals surface area contributed by atoms with E-state index < -0.39 is 40.4 Å². The minimum Gasteiger partial charge on any atom is -0.756 e. The molecule has 2 atom stereocenters. The maximum atomic E-state index is 11.6. The van der Waals surface area contributed by atoms with Gasteiger partial charge in [-0.15, -0.1) is 0 Å². The molecule has 0 radical (unpaired) electrons. The molecule has 11 nitrogen and oxygen atoms in total. The third kappa shape index (κ3) is 15.0. The van der Waals surface area contributed by atoms with Crippen LogP contribution in [0.3, 0.4) is 0 Å². The van der Waals surface area contributed by atoms with E-state index in [1.54, 1.807) is 0 Å². The highest BCUT2D eigenvalue weighted by molar-refractivity contribution is 7.45. The summed E-state index contributed by atoms with van der Waals surface area (Å²) in [5.41, 5.74) is 0. The van der Waals surface area contributed by atoms with E-state index in [9.17, 15) is 14.3 Å². The molecule has 0 bridgehead atoms. The van der Waals surface area contributed by atoms with Crippen LogP contribution >= 0.6 is 7.82 Å². The second-order valence-corrected chi connectivity index (χ2v) is 7.43. The molecule has 0 spiro atoms. The average Bonchev–Trinajstić information content (AvgIpc) is 2.46. The van der Waals surface area contributed by atoms with Gasteiger partial charge in [0.25, 0.3) is 7.82 Å². The van der Waals surface area contributed by atoms with Crippen molar-refractivity contribution < 1.29 is 47.7 Å². The largest absolute Gasteiger partial charge is 0.756 e. The molecule has 0 aromatic carbocycles. The van der Waals surface area contributed by atoms with E-state index >= 15 is 0 Å². The first-order chi connectivity index (χ1) is 11.4. The summed E-state index contributed by atoms with van der Waals surface area (Å²) < 4.78 is 26.1. The fourth-order valence-corrected chi connectivity index (χ4v) is 2.02. The van der Waals surface area contributed by atoms with E-state index in [1.807, 2.05) is 21.1 Å². The Labute approximate surface area is 147 Å². The summed E-state index contributed by atoms with van der Waals surface area (Å²) in [5.74, 6) is 1.02. The first-order valence-corrected chi connectivity index (χ1v) is 8.90. The molecule has 0 aliphatic rings. The Morgan fingerprint density at radius 2 is 2.00 bits per heavy atom. The molecule has 1 amide bonds. The fraction of sp³-hybridized carbons (Fsp3) is 0.750. The molecule has 0 saturated heterocycles. The lowest BCUT2D eigenvalue weighted by Gasteiger charge is -2.28. The fourth-order valence-electron chi connectivity index (χ4n) is 1.29. The first kappa shape index (κ1) is 24.0. The number of nitrogens with one attached hydrogen (secondary N) is 1. The summed E-state index contributed by atoms with van der Waals surface area (Å²) >= 11 is 0. The number of ether oxygens (including phenoxy) is 1. The maximum absolute atomic E-state index is 11.6. The number of likely N-dealkylation sites (N-methyl/N-ethyl adjacent to an activating group) is 1. The highest BCUT2D eigenvalue weighted by Crippen LogP contribution is 2.38. The van der Waals surface area contributed by atoms with Crippen molar-refractivity contribution in [3.05, 3.63) is 12.1 Å². The Hall–Kier alpha value is -0.975. The Balaban J connectivity index is 4.18. The van der Waals surface area contributed by atoms with Gasteiger partial charge in [0, 0.05) is 6.54 Å². The molecule has 25 heavy (non-hydrogen) atoms. The molecule has 0 saturated carbocycles. The standard InChI is InChI=1S/C12H26BN2O9P/c1-15(2,3)7-8-22-25(20,21)23-10-11(9-16)24-12(17)14-6-4-5-13(18)19/h4-5,11,16,18-19H,6-10H2,1-3H3,(H-,14,17,20,21)/b5-4+. The number of phosphoric acid groups is 1. The second kappa shape index (κ2) is 11.6. The van der Waals surface area contributed by atoms with Crippen LogP contribution in [-0.2, 0) is 18.3 Å². The Morgan fingerprint density at radius 3 is 2.52 bits per heavy atom. The van der Waals surface area contributed by atoms with Crippen LogP contribution in [-0.4, -0.2) is 93.0 Å².